The van der Waals surface area contributed by atoms with Crippen LogP contribution in [0.4, 0.5) is 0 Å². The summed E-state index contributed by atoms with van der Waals surface area (Å²) in [7, 11) is 1.40. The standard InChI is InChI=1S/C18H16N2O2S2/c1-22-18(21)12-5-2-4-11(8-12)9-23-16-15-13-6-3-7-14(13)24-17(15)20-10-19-16/h2,4-5,8,10H,3,6-7,9H2,1H3. The number of methoxy groups -OCH3 is 1. The van der Waals surface area contributed by atoms with Gasteiger partial charge in [-0.2, -0.15) is 0 Å². The van der Waals surface area contributed by atoms with Crippen molar-refractivity contribution in [3.63, 3.8) is 0 Å². The average Bonchev–Trinajstić information content (AvgIpc) is 3.20. The second-order valence-electron chi connectivity index (χ2n) is 5.70. The van der Waals surface area contributed by atoms with Gasteiger partial charge >= 0.3 is 5.97 Å². The van der Waals surface area contributed by atoms with E-state index in [4.69, 9.17) is 4.74 Å². The van der Waals surface area contributed by atoms with Gasteiger partial charge in [-0.05, 0) is 42.5 Å². The average molecular weight is 356 g/mol. The van der Waals surface area contributed by atoms with Crippen LogP contribution in [0.2, 0.25) is 0 Å². The molecule has 2 heterocycles. The number of aromatic nitrogens is 2. The number of fused-ring (bicyclic) bond motifs is 3. The molecule has 0 aliphatic heterocycles. The van der Waals surface area contributed by atoms with Crippen LogP contribution in [0.3, 0.4) is 0 Å². The van der Waals surface area contributed by atoms with Crippen LogP contribution in [-0.2, 0) is 23.3 Å². The fraction of sp³-hybridized carbons (Fsp3) is 0.278. The molecular formula is C18H16N2O2S2. The van der Waals surface area contributed by atoms with Gasteiger partial charge in [0.25, 0.3) is 0 Å². The molecule has 0 atom stereocenters. The van der Waals surface area contributed by atoms with Crippen LogP contribution in [0, 0.1) is 0 Å². The minimum absolute atomic E-state index is 0.304. The van der Waals surface area contributed by atoms with Crippen molar-refractivity contribution in [2.24, 2.45) is 0 Å². The first-order valence-corrected chi connectivity index (χ1v) is 9.62. The molecule has 24 heavy (non-hydrogen) atoms. The molecule has 0 radical (unpaired) electrons. The van der Waals surface area contributed by atoms with Gasteiger partial charge in [0.15, 0.2) is 0 Å². The molecule has 1 aliphatic carbocycles. The van der Waals surface area contributed by atoms with Crippen LogP contribution in [0.25, 0.3) is 10.2 Å². The lowest BCUT2D eigenvalue weighted by molar-refractivity contribution is 0.0600. The Balaban J connectivity index is 1.61. The van der Waals surface area contributed by atoms with Gasteiger partial charge in [-0.25, -0.2) is 14.8 Å². The van der Waals surface area contributed by atoms with Gasteiger partial charge in [-0.1, -0.05) is 12.1 Å². The van der Waals surface area contributed by atoms with Crippen molar-refractivity contribution in [3.8, 4) is 0 Å². The first kappa shape index (κ1) is 15.6. The van der Waals surface area contributed by atoms with E-state index in [0.29, 0.717) is 5.56 Å². The molecule has 4 nitrogen and oxygen atoms in total. The normalized spacial score (nSPS) is 13.2. The predicted molar refractivity (Wildman–Crippen MR) is 96.8 cm³/mol. The Kier molecular flexibility index (Phi) is 4.24. The summed E-state index contributed by atoms with van der Waals surface area (Å²) in [6.07, 6.45) is 5.19. The van der Waals surface area contributed by atoms with E-state index in [-0.39, 0.29) is 5.97 Å². The van der Waals surface area contributed by atoms with Crippen LogP contribution in [0.5, 0.6) is 0 Å². The number of thiophene rings is 1. The first-order valence-electron chi connectivity index (χ1n) is 7.81. The van der Waals surface area contributed by atoms with Crippen LogP contribution in [0.1, 0.15) is 32.8 Å². The lowest BCUT2D eigenvalue weighted by Crippen LogP contribution is -2.01. The molecule has 0 saturated heterocycles. The van der Waals surface area contributed by atoms with Crippen LogP contribution in [-0.4, -0.2) is 23.0 Å². The van der Waals surface area contributed by atoms with E-state index in [2.05, 4.69) is 9.97 Å². The molecule has 1 aliphatic rings. The SMILES string of the molecule is COC(=O)c1cccc(CSc2ncnc3sc4c(c23)CCC4)c1. The Labute approximate surface area is 148 Å². The predicted octanol–water partition coefficient (Wildman–Crippen LogP) is 4.26. The van der Waals surface area contributed by atoms with E-state index in [1.807, 2.05) is 18.2 Å². The molecule has 2 aromatic heterocycles. The number of benzene rings is 1. The molecule has 0 amide bonds. The van der Waals surface area contributed by atoms with E-state index < -0.39 is 0 Å². The fourth-order valence-electron chi connectivity index (χ4n) is 3.07. The molecule has 1 aromatic carbocycles. The van der Waals surface area contributed by atoms with Gasteiger partial charge in [-0.3, -0.25) is 0 Å². The highest BCUT2D eigenvalue weighted by molar-refractivity contribution is 7.98. The maximum atomic E-state index is 11.7. The zero-order chi connectivity index (χ0) is 16.5. The smallest absolute Gasteiger partial charge is 0.337 e. The number of rotatable bonds is 4. The van der Waals surface area contributed by atoms with Gasteiger partial charge < -0.3 is 4.74 Å². The highest BCUT2D eigenvalue weighted by Crippen LogP contribution is 2.40. The number of esters is 1. The van der Waals surface area contributed by atoms with Crippen molar-refractivity contribution in [1.82, 2.24) is 9.97 Å². The van der Waals surface area contributed by atoms with E-state index in [1.54, 1.807) is 35.5 Å². The monoisotopic (exact) mass is 356 g/mol. The Morgan fingerprint density at radius 1 is 1.33 bits per heavy atom. The zero-order valence-electron chi connectivity index (χ0n) is 13.2. The minimum atomic E-state index is -0.304. The van der Waals surface area contributed by atoms with Crippen molar-refractivity contribution in [1.29, 1.82) is 0 Å². The lowest BCUT2D eigenvalue weighted by Gasteiger charge is -2.06. The molecule has 4 rings (SSSR count). The number of carbonyl (C=O) groups is 1. The summed E-state index contributed by atoms with van der Waals surface area (Å²) >= 11 is 3.51. The third-order valence-electron chi connectivity index (χ3n) is 4.19. The number of hydrogen-bond acceptors (Lipinski definition) is 6. The number of aryl methyl sites for hydroxylation is 2. The Hall–Kier alpha value is -1.92. The third-order valence-corrected chi connectivity index (χ3v) is 6.45. The summed E-state index contributed by atoms with van der Waals surface area (Å²) in [6.45, 7) is 0. The molecular weight excluding hydrogens is 340 g/mol. The molecule has 122 valence electrons. The Morgan fingerprint density at radius 2 is 2.25 bits per heavy atom. The number of nitrogens with zero attached hydrogens (tertiary/aromatic N) is 2. The van der Waals surface area contributed by atoms with Crippen LogP contribution >= 0.6 is 23.1 Å². The molecule has 0 N–H and O–H groups in total. The number of thioether (sulfide) groups is 1. The summed E-state index contributed by atoms with van der Waals surface area (Å²) in [5.74, 6) is 0.462. The highest BCUT2D eigenvalue weighted by atomic mass is 32.2. The number of hydrogen-bond donors (Lipinski definition) is 0. The van der Waals surface area contributed by atoms with Gasteiger partial charge in [0.1, 0.15) is 16.2 Å². The van der Waals surface area contributed by atoms with Crippen LogP contribution < -0.4 is 0 Å². The second kappa shape index (κ2) is 6.53. The number of carbonyl (C=O) groups excluding carboxylic acids is 1. The summed E-state index contributed by atoms with van der Waals surface area (Å²) in [4.78, 5) is 23.2. The maximum Gasteiger partial charge on any atom is 0.337 e. The molecule has 0 saturated carbocycles. The summed E-state index contributed by atoms with van der Waals surface area (Å²) < 4.78 is 4.79. The van der Waals surface area contributed by atoms with E-state index >= 15 is 0 Å². The van der Waals surface area contributed by atoms with Gasteiger partial charge in [0.2, 0.25) is 0 Å². The molecule has 0 fully saturated rings. The fourth-order valence-corrected chi connectivity index (χ4v) is 5.33. The highest BCUT2D eigenvalue weighted by Gasteiger charge is 2.21. The maximum absolute atomic E-state index is 11.7. The molecule has 0 unspecified atom stereocenters. The van der Waals surface area contributed by atoms with Gasteiger partial charge in [0, 0.05) is 16.0 Å². The molecule has 3 aromatic rings. The van der Waals surface area contributed by atoms with Crippen molar-refractivity contribution in [2.75, 3.05) is 7.11 Å². The van der Waals surface area contributed by atoms with E-state index in [9.17, 15) is 4.79 Å². The molecule has 6 heteroatoms. The van der Waals surface area contributed by atoms with Crippen molar-refractivity contribution < 1.29 is 9.53 Å². The largest absolute Gasteiger partial charge is 0.465 e. The van der Waals surface area contributed by atoms with Gasteiger partial charge in [-0.15, -0.1) is 23.1 Å². The van der Waals surface area contributed by atoms with E-state index in [0.717, 1.165) is 27.6 Å². The van der Waals surface area contributed by atoms with E-state index in [1.165, 1.54) is 35.8 Å². The quantitative estimate of drug-likeness (QED) is 0.397. The molecule has 0 bridgehead atoms. The topological polar surface area (TPSA) is 52.1 Å². The Bertz CT molecular complexity index is 921. The Morgan fingerprint density at radius 3 is 3.12 bits per heavy atom. The van der Waals surface area contributed by atoms with Crippen molar-refractivity contribution in [2.45, 2.75) is 30.0 Å². The summed E-state index contributed by atoms with van der Waals surface area (Å²) in [5, 5.41) is 2.28. The van der Waals surface area contributed by atoms with Crippen LogP contribution in [0.15, 0.2) is 35.6 Å². The third kappa shape index (κ3) is 2.80. The number of ether oxygens (including phenoxy) is 1. The minimum Gasteiger partial charge on any atom is -0.465 e. The molecule has 0 spiro atoms. The summed E-state index contributed by atoms with van der Waals surface area (Å²) in [5.41, 5.74) is 3.11. The van der Waals surface area contributed by atoms with Gasteiger partial charge in [0.05, 0.1) is 12.7 Å². The summed E-state index contributed by atoms with van der Waals surface area (Å²) in [6, 6.07) is 7.57. The first-order chi connectivity index (χ1) is 11.8. The second-order valence-corrected chi connectivity index (χ2v) is 7.74. The van der Waals surface area contributed by atoms with Crippen molar-refractivity contribution >= 4 is 39.3 Å². The zero-order valence-corrected chi connectivity index (χ0v) is 14.9. The lowest BCUT2D eigenvalue weighted by atomic mass is 10.1. The van der Waals surface area contributed by atoms with Crippen molar-refractivity contribution in [3.05, 3.63) is 52.2 Å².